The van der Waals surface area contributed by atoms with E-state index in [1.807, 2.05) is 30.3 Å². The van der Waals surface area contributed by atoms with Crippen LogP contribution in [0.1, 0.15) is 22.6 Å². The fraction of sp³-hybridized carbons (Fsp3) is 0.0400. The zero-order valence-electron chi connectivity index (χ0n) is 15.8. The van der Waals surface area contributed by atoms with Crippen molar-refractivity contribution in [3.05, 3.63) is 126 Å². The first-order chi connectivity index (χ1) is 14.5. The number of halogens is 3. The van der Waals surface area contributed by atoms with Crippen LogP contribution >= 0.6 is 0 Å². The van der Waals surface area contributed by atoms with Gasteiger partial charge in [0.25, 0.3) is 0 Å². The van der Waals surface area contributed by atoms with Crippen LogP contribution in [-0.4, -0.2) is 6.18 Å². The number of hydrogen-bond acceptors (Lipinski definition) is 2. The van der Waals surface area contributed by atoms with Gasteiger partial charge in [-0.3, -0.25) is 0 Å². The van der Waals surface area contributed by atoms with Crippen molar-refractivity contribution in [3.8, 4) is 0 Å². The van der Waals surface area contributed by atoms with Crippen LogP contribution in [0.4, 0.5) is 13.2 Å². The molecule has 0 N–H and O–H groups in total. The first-order valence-corrected chi connectivity index (χ1v) is 9.26. The summed E-state index contributed by atoms with van der Waals surface area (Å²) in [5.74, 6) is 0.751. The van der Waals surface area contributed by atoms with Crippen LogP contribution in [0.25, 0.3) is 16.7 Å². The fourth-order valence-electron chi connectivity index (χ4n) is 3.25. The van der Waals surface area contributed by atoms with Gasteiger partial charge in [-0.15, -0.1) is 0 Å². The van der Waals surface area contributed by atoms with E-state index in [1.54, 1.807) is 42.5 Å². The van der Waals surface area contributed by atoms with Crippen LogP contribution in [-0.2, 0) is 0 Å². The predicted octanol–water partition coefficient (Wildman–Crippen LogP) is 7.48. The average Bonchev–Trinajstić information content (AvgIpc) is 3.46. The quantitative estimate of drug-likeness (QED) is 0.321. The second kappa shape index (κ2) is 8.33. The monoisotopic (exact) mass is 406 g/mol. The lowest BCUT2D eigenvalue weighted by Gasteiger charge is -2.15. The number of allylic oxidation sites excluding steroid dienone is 3. The lowest BCUT2D eigenvalue weighted by atomic mass is 9.93. The van der Waals surface area contributed by atoms with Gasteiger partial charge in [0.15, 0.2) is 0 Å². The molecule has 2 aromatic carbocycles. The molecule has 30 heavy (non-hydrogen) atoms. The van der Waals surface area contributed by atoms with E-state index in [0.29, 0.717) is 22.7 Å². The van der Waals surface area contributed by atoms with Gasteiger partial charge in [0.05, 0.1) is 18.1 Å². The second-order valence-corrected chi connectivity index (χ2v) is 6.53. The Morgan fingerprint density at radius 3 is 1.67 bits per heavy atom. The van der Waals surface area contributed by atoms with Crippen molar-refractivity contribution >= 4 is 16.7 Å². The summed E-state index contributed by atoms with van der Waals surface area (Å²) in [6.45, 7) is 0. The Balaban J connectivity index is 2.06. The molecule has 5 heteroatoms. The van der Waals surface area contributed by atoms with Gasteiger partial charge >= 0.3 is 6.18 Å². The third kappa shape index (κ3) is 4.15. The lowest BCUT2D eigenvalue weighted by molar-refractivity contribution is -0.0688. The van der Waals surface area contributed by atoms with Crippen molar-refractivity contribution in [3.63, 3.8) is 0 Å². The zero-order chi connectivity index (χ0) is 21.0. The van der Waals surface area contributed by atoms with Gasteiger partial charge < -0.3 is 8.83 Å². The van der Waals surface area contributed by atoms with Gasteiger partial charge in [0.2, 0.25) is 0 Å². The minimum Gasteiger partial charge on any atom is -0.464 e. The fourth-order valence-corrected chi connectivity index (χ4v) is 3.25. The Kier molecular flexibility index (Phi) is 5.44. The molecule has 0 spiro atoms. The van der Waals surface area contributed by atoms with Crippen molar-refractivity contribution in [2.45, 2.75) is 6.18 Å². The molecule has 2 heterocycles. The average molecular weight is 406 g/mol. The molecule has 0 aliphatic rings. The van der Waals surface area contributed by atoms with Crippen molar-refractivity contribution in [1.82, 2.24) is 0 Å². The van der Waals surface area contributed by atoms with E-state index < -0.39 is 11.7 Å². The van der Waals surface area contributed by atoms with E-state index in [1.165, 1.54) is 24.7 Å². The number of rotatable bonds is 5. The molecule has 2 aromatic heterocycles. The third-order valence-corrected chi connectivity index (χ3v) is 4.56. The van der Waals surface area contributed by atoms with Crippen LogP contribution < -0.4 is 0 Å². The summed E-state index contributed by atoms with van der Waals surface area (Å²) in [7, 11) is 0. The molecule has 4 aromatic rings. The SMILES string of the molecule is FC(F)(F)C(=CC(=C(c1ccccc1)c1ccco1)c1ccco1)c1ccccc1. The predicted molar refractivity (Wildman–Crippen MR) is 110 cm³/mol. The molecule has 0 amide bonds. The highest BCUT2D eigenvalue weighted by atomic mass is 19.4. The maximum atomic E-state index is 14.1. The van der Waals surface area contributed by atoms with Gasteiger partial charge in [-0.2, -0.15) is 13.2 Å². The first kappa shape index (κ1) is 19.6. The summed E-state index contributed by atoms with van der Waals surface area (Å²) in [4.78, 5) is 0. The summed E-state index contributed by atoms with van der Waals surface area (Å²) in [5, 5.41) is 0. The van der Waals surface area contributed by atoms with Crippen molar-refractivity contribution in [1.29, 1.82) is 0 Å². The standard InChI is InChI=1S/C25H17F3O2/c26-25(27,28)21(18-9-3-1-4-10-18)17-20(22-13-7-15-29-22)24(23-14-8-16-30-23)19-11-5-2-6-12-19/h1-17H. The van der Waals surface area contributed by atoms with Crippen molar-refractivity contribution < 1.29 is 22.0 Å². The van der Waals surface area contributed by atoms with Gasteiger partial charge in [-0.05, 0) is 41.5 Å². The summed E-state index contributed by atoms with van der Waals surface area (Å²) >= 11 is 0. The third-order valence-electron chi connectivity index (χ3n) is 4.56. The Hall–Kier alpha value is -3.73. The smallest absolute Gasteiger partial charge is 0.417 e. The van der Waals surface area contributed by atoms with E-state index in [9.17, 15) is 13.2 Å². The summed E-state index contributed by atoms with van der Waals surface area (Å²) in [5.41, 5.74) is 0.797. The van der Waals surface area contributed by atoms with E-state index in [2.05, 4.69) is 0 Å². The Morgan fingerprint density at radius 2 is 1.17 bits per heavy atom. The number of furan rings is 2. The maximum Gasteiger partial charge on any atom is 0.417 e. The van der Waals surface area contributed by atoms with E-state index in [4.69, 9.17) is 8.83 Å². The van der Waals surface area contributed by atoms with Crippen molar-refractivity contribution in [2.75, 3.05) is 0 Å². The minimum absolute atomic E-state index is 0.0703. The van der Waals surface area contributed by atoms with E-state index in [-0.39, 0.29) is 11.1 Å². The molecule has 0 atom stereocenters. The molecule has 0 saturated heterocycles. The molecule has 4 rings (SSSR count). The number of hydrogen-bond donors (Lipinski definition) is 0. The van der Waals surface area contributed by atoms with Crippen LogP contribution in [0, 0.1) is 0 Å². The van der Waals surface area contributed by atoms with Crippen LogP contribution in [0.3, 0.4) is 0 Å². The van der Waals surface area contributed by atoms with Crippen LogP contribution in [0.15, 0.2) is 112 Å². The highest BCUT2D eigenvalue weighted by Crippen LogP contribution is 2.40. The molecular weight excluding hydrogens is 389 g/mol. The summed E-state index contributed by atoms with van der Waals surface area (Å²) in [6.07, 6.45) is -0.517. The molecular formula is C25H17F3O2. The minimum atomic E-state index is -4.57. The Morgan fingerprint density at radius 1 is 0.633 bits per heavy atom. The van der Waals surface area contributed by atoms with Crippen LogP contribution in [0.2, 0.25) is 0 Å². The second-order valence-electron chi connectivity index (χ2n) is 6.53. The molecule has 150 valence electrons. The van der Waals surface area contributed by atoms with E-state index >= 15 is 0 Å². The molecule has 2 nitrogen and oxygen atoms in total. The molecule has 0 aliphatic carbocycles. The van der Waals surface area contributed by atoms with Crippen LogP contribution in [0.5, 0.6) is 0 Å². The van der Waals surface area contributed by atoms with Gasteiger partial charge in [0, 0.05) is 11.1 Å². The zero-order valence-corrected chi connectivity index (χ0v) is 15.8. The Labute approximate surface area is 171 Å². The van der Waals surface area contributed by atoms with Gasteiger partial charge in [-0.1, -0.05) is 60.7 Å². The Bertz CT molecular complexity index is 1140. The normalized spacial score (nSPS) is 13.2. The molecule has 0 aliphatic heterocycles. The van der Waals surface area contributed by atoms with Gasteiger partial charge in [0.1, 0.15) is 11.5 Å². The van der Waals surface area contributed by atoms with Gasteiger partial charge in [-0.25, -0.2) is 0 Å². The highest BCUT2D eigenvalue weighted by Gasteiger charge is 2.35. The number of alkyl halides is 3. The highest BCUT2D eigenvalue weighted by molar-refractivity contribution is 6.02. The molecule has 0 radical (unpaired) electrons. The topological polar surface area (TPSA) is 26.3 Å². The lowest BCUT2D eigenvalue weighted by Crippen LogP contribution is -2.11. The molecule has 0 unspecified atom stereocenters. The maximum absolute atomic E-state index is 14.1. The van der Waals surface area contributed by atoms with E-state index in [0.717, 1.165) is 6.08 Å². The van der Waals surface area contributed by atoms with Crippen molar-refractivity contribution in [2.24, 2.45) is 0 Å². The number of benzene rings is 2. The molecule has 0 bridgehead atoms. The molecule has 0 saturated carbocycles. The summed E-state index contributed by atoms with van der Waals surface area (Å²) < 4.78 is 53.3. The largest absolute Gasteiger partial charge is 0.464 e. The first-order valence-electron chi connectivity index (χ1n) is 9.26. The summed E-state index contributed by atoms with van der Waals surface area (Å²) in [6, 6.07) is 23.5. The molecule has 0 fully saturated rings.